The normalized spacial score (nSPS) is 11.4. The van der Waals surface area contributed by atoms with Gasteiger partial charge in [-0.2, -0.15) is 0 Å². The van der Waals surface area contributed by atoms with Gasteiger partial charge in [-0.25, -0.2) is 4.98 Å². The number of hydrogen-bond acceptors (Lipinski definition) is 2. The van der Waals surface area contributed by atoms with Gasteiger partial charge in [-0.3, -0.25) is 0 Å². The quantitative estimate of drug-likeness (QED) is 0.217. The second-order valence-corrected chi connectivity index (χ2v) is 11.5. The fourth-order valence-electron chi connectivity index (χ4n) is 5.91. The molecule has 2 heterocycles. The average molecular weight is 540 g/mol. The minimum absolute atomic E-state index is 0.988. The number of pyridine rings is 1. The second kappa shape index (κ2) is 9.85. The van der Waals surface area contributed by atoms with Crippen LogP contribution in [0.3, 0.4) is 0 Å². The van der Waals surface area contributed by atoms with Crippen molar-refractivity contribution in [3.8, 4) is 44.6 Å². The van der Waals surface area contributed by atoms with Gasteiger partial charge in [-0.05, 0) is 69.8 Å². The summed E-state index contributed by atoms with van der Waals surface area (Å²) in [6.07, 6.45) is 0. The van der Waals surface area contributed by atoms with E-state index in [9.17, 15) is 0 Å². The van der Waals surface area contributed by atoms with Gasteiger partial charge >= 0.3 is 0 Å². The van der Waals surface area contributed by atoms with E-state index in [4.69, 9.17) is 4.98 Å². The summed E-state index contributed by atoms with van der Waals surface area (Å²) >= 11 is 1.86. The van der Waals surface area contributed by atoms with E-state index < -0.39 is 0 Å². The number of rotatable bonds is 4. The zero-order chi connectivity index (χ0) is 27.2. The molecule has 0 radical (unpaired) electrons. The molecule has 0 amide bonds. The molecule has 1 nitrogen and oxygen atoms in total. The van der Waals surface area contributed by atoms with Crippen molar-refractivity contribution in [3.63, 3.8) is 0 Å². The van der Waals surface area contributed by atoms with Crippen molar-refractivity contribution in [2.24, 2.45) is 0 Å². The lowest BCUT2D eigenvalue weighted by Gasteiger charge is -2.13. The van der Waals surface area contributed by atoms with E-state index in [2.05, 4.69) is 152 Å². The van der Waals surface area contributed by atoms with Crippen molar-refractivity contribution in [1.82, 2.24) is 4.98 Å². The molecule has 0 aliphatic rings. The van der Waals surface area contributed by atoms with E-state index in [0.29, 0.717) is 0 Å². The predicted octanol–water partition coefficient (Wildman–Crippen LogP) is 11.3. The summed E-state index contributed by atoms with van der Waals surface area (Å²) < 4.78 is 2.58. The molecule has 0 aliphatic heterocycles. The molecular formula is C39H25NS. The molecule has 8 aromatic rings. The van der Waals surface area contributed by atoms with E-state index in [1.165, 1.54) is 58.9 Å². The Kier molecular flexibility index (Phi) is 5.72. The molecule has 2 heteroatoms. The van der Waals surface area contributed by atoms with Crippen LogP contribution in [-0.2, 0) is 0 Å². The fraction of sp³-hybridized carbons (Fsp3) is 0. The van der Waals surface area contributed by atoms with Crippen LogP contribution >= 0.6 is 11.3 Å². The zero-order valence-corrected chi connectivity index (χ0v) is 23.1. The van der Waals surface area contributed by atoms with Crippen LogP contribution in [0.25, 0.3) is 75.7 Å². The highest BCUT2D eigenvalue weighted by atomic mass is 32.1. The molecular weight excluding hydrogens is 515 g/mol. The Labute approximate surface area is 243 Å². The molecule has 0 bridgehead atoms. The van der Waals surface area contributed by atoms with E-state index >= 15 is 0 Å². The molecule has 8 rings (SSSR count). The van der Waals surface area contributed by atoms with E-state index in [1.807, 2.05) is 11.3 Å². The number of fused-ring (bicyclic) bond motifs is 4. The molecule has 192 valence electrons. The Morgan fingerprint density at radius 2 is 1.05 bits per heavy atom. The molecule has 0 aliphatic carbocycles. The van der Waals surface area contributed by atoms with Gasteiger partial charge in [0.05, 0.1) is 11.2 Å². The summed E-state index contributed by atoms with van der Waals surface area (Å²) in [5, 5.41) is 3.78. The van der Waals surface area contributed by atoms with Crippen LogP contribution in [0.15, 0.2) is 152 Å². The van der Waals surface area contributed by atoms with Gasteiger partial charge in [0.15, 0.2) is 0 Å². The van der Waals surface area contributed by atoms with Gasteiger partial charge in [0.1, 0.15) is 0 Å². The highest BCUT2D eigenvalue weighted by Crippen LogP contribution is 2.44. The van der Waals surface area contributed by atoms with Gasteiger partial charge < -0.3 is 0 Å². The van der Waals surface area contributed by atoms with E-state index in [0.717, 1.165) is 16.8 Å². The highest BCUT2D eigenvalue weighted by Gasteiger charge is 2.16. The molecule has 2 aromatic heterocycles. The maximum absolute atomic E-state index is 5.20. The highest BCUT2D eigenvalue weighted by molar-refractivity contribution is 7.26. The van der Waals surface area contributed by atoms with Gasteiger partial charge in [-0.1, -0.05) is 115 Å². The van der Waals surface area contributed by atoms with Crippen LogP contribution in [0, 0.1) is 0 Å². The minimum atomic E-state index is 0.988. The lowest BCUT2D eigenvalue weighted by atomic mass is 9.93. The van der Waals surface area contributed by atoms with E-state index in [-0.39, 0.29) is 0 Å². The first-order chi connectivity index (χ1) is 20.3. The number of aromatic nitrogens is 1. The summed E-state index contributed by atoms with van der Waals surface area (Å²) in [7, 11) is 0. The minimum Gasteiger partial charge on any atom is -0.248 e. The summed E-state index contributed by atoms with van der Waals surface area (Å²) in [5.41, 5.74) is 10.4. The molecule has 41 heavy (non-hydrogen) atoms. The van der Waals surface area contributed by atoms with Crippen molar-refractivity contribution in [2.45, 2.75) is 0 Å². The number of hydrogen-bond donors (Lipinski definition) is 0. The van der Waals surface area contributed by atoms with Crippen LogP contribution in [0.2, 0.25) is 0 Å². The maximum Gasteiger partial charge on any atom is 0.0716 e. The first-order valence-corrected chi connectivity index (χ1v) is 14.7. The van der Waals surface area contributed by atoms with Crippen molar-refractivity contribution >= 4 is 42.4 Å². The number of thiophene rings is 1. The van der Waals surface area contributed by atoms with Crippen LogP contribution < -0.4 is 0 Å². The third-order valence-electron chi connectivity index (χ3n) is 7.86. The molecule has 0 saturated heterocycles. The van der Waals surface area contributed by atoms with Crippen LogP contribution in [-0.4, -0.2) is 4.98 Å². The largest absolute Gasteiger partial charge is 0.248 e. The van der Waals surface area contributed by atoms with Gasteiger partial charge in [0.25, 0.3) is 0 Å². The number of benzene rings is 6. The van der Waals surface area contributed by atoms with Crippen LogP contribution in [0.4, 0.5) is 0 Å². The van der Waals surface area contributed by atoms with E-state index in [1.54, 1.807) is 0 Å². The first-order valence-electron chi connectivity index (χ1n) is 13.9. The average Bonchev–Trinajstić information content (AvgIpc) is 3.43. The first kappa shape index (κ1) is 23.8. The Balaban J connectivity index is 1.40. The number of nitrogens with zero attached hydrogens (tertiary/aromatic N) is 1. The fourth-order valence-corrected chi connectivity index (χ4v) is 7.08. The maximum atomic E-state index is 5.20. The summed E-state index contributed by atoms with van der Waals surface area (Å²) in [6.45, 7) is 0. The monoisotopic (exact) mass is 539 g/mol. The third kappa shape index (κ3) is 4.21. The van der Waals surface area contributed by atoms with Crippen LogP contribution in [0.5, 0.6) is 0 Å². The smallest absolute Gasteiger partial charge is 0.0716 e. The predicted molar refractivity (Wildman–Crippen MR) is 176 cm³/mol. The van der Waals surface area contributed by atoms with Crippen molar-refractivity contribution < 1.29 is 0 Å². The molecule has 0 unspecified atom stereocenters. The third-order valence-corrected chi connectivity index (χ3v) is 8.97. The molecule has 0 atom stereocenters. The Hall–Kier alpha value is -5.05. The van der Waals surface area contributed by atoms with Crippen molar-refractivity contribution in [2.75, 3.05) is 0 Å². The zero-order valence-electron chi connectivity index (χ0n) is 22.3. The summed E-state index contributed by atoms with van der Waals surface area (Å²) in [4.78, 5) is 5.20. The molecule has 0 fully saturated rings. The van der Waals surface area contributed by atoms with Crippen molar-refractivity contribution in [3.05, 3.63) is 152 Å². The van der Waals surface area contributed by atoms with Gasteiger partial charge in [0.2, 0.25) is 0 Å². The number of para-hydroxylation sites is 1. The standard InChI is InChI=1S/C39H25NS/c1-3-12-26(13-4-1)28-16-11-17-29(22-28)34-23-30(24-38-39(34)32-19-8-10-21-37(32)41-38)36-25-33(27-14-5-2-6-15-27)31-18-7-9-20-35(31)40-36/h1-25H. The van der Waals surface area contributed by atoms with Crippen molar-refractivity contribution in [1.29, 1.82) is 0 Å². The lowest BCUT2D eigenvalue weighted by Crippen LogP contribution is -1.91. The summed E-state index contributed by atoms with van der Waals surface area (Å²) in [6, 6.07) is 54.3. The topological polar surface area (TPSA) is 12.9 Å². The lowest BCUT2D eigenvalue weighted by molar-refractivity contribution is 1.40. The SMILES string of the molecule is c1ccc(-c2cccc(-c3cc(-c4cc(-c5ccccc5)c5ccccc5n4)cc4sc5ccccc5c34)c2)cc1. The molecule has 0 N–H and O–H groups in total. The molecule has 0 saturated carbocycles. The van der Waals surface area contributed by atoms with Gasteiger partial charge in [0, 0.05) is 31.1 Å². The second-order valence-electron chi connectivity index (χ2n) is 10.4. The van der Waals surface area contributed by atoms with Crippen LogP contribution in [0.1, 0.15) is 0 Å². The molecule has 6 aromatic carbocycles. The Morgan fingerprint density at radius 3 is 1.88 bits per heavy atom. The Morgan fingerprint density at radius 1 is 0.390 bits per heavy atom. The molecule has 0 spiro atoms. The summed E-state index contributed by atoms with van der Waals surface area (Å²) in [5.74, 6) is 0. The Bertz CT molecular complexity index is 2190. The van der Waals surface area contributed by atoms with Gasteiger partial charge in [-0.15, -0.1) is 11.3 Å².